The van der Waals surface area contributed by atoms with Crippen molar-refractivity contribution < 1.29 is 80.2 Å². The summed E-state index contributed by atoms with van der Waals surface area (Å²) in [4.78, 5) is 72.1. The van der Waals surface area contributed by atoms with Crippen molar-refractivity contribution in [3.63, 3.8) is 0 Å². The van der Waals surface area contributed by atoms with Crippen LogP contribution in [-0.2, 0) is 65.4 Å². The molecule has 0 aromatic rings. The molecule has 0 rings (SSSR count). The molecule has 0 aliphatic heterocycles. The summed E-state index contributed by atoms with van der Waals surface area (Å²) in [5.41, 5.74) is 0. The maximum Gasteiger partial charge on any atom is 0.472 e. The molecule has 0 radical (unpaired) electrons. The molecule has 0 amide bonds. The molecule has 0 spiro atoms. The molecule has 0 saturated carbocycles. The van der Waals surface area contributed by atoms with Crippen molar-refractivity contribution in [3.8, 4) is 0 Å². The van der Waals surface area contributed by atoms with E-state index >= 15 is 0 Å². The lowest BCUT2D eigenvalue weighted by Gasteiger charge is -2.21. The van der Waals surface area contributed by atoms with Crippen LogP contribution in [0, 0.1) is 0 Å². The van der Waals surface area contributed by atoms with Crippen LogP contribution in [0.25, 0.3) is 0 Å². The van der Waals surface area contributed by atoms with Crippen molar-refractivity contribution in [2.45, 2.75) is 348 Å². The number of hydrogen-bond acceptors (Lipinski definition) is 15. The Kier molecular flexibility index (Phi) is 57.7. The molecule has 17 nitrogen and oxygen atoms in total. The monoisotopic (exact) mass is 1230 g/mol. The Labute approximate surface area is 505 Å². The minimum atomic E-state index is -4.94. The van der Waals surface area contributed by atoms with Gasteiger partial charge in [0, 0.05) is 25.7 Å². The van der Waals surface area contributed by atoms with Gasteiger partial charge in [0.05, 0.1) is 26.4 Å². The van der Waals surface area contributed by atoms with Gasteiger partial charge in [0.2, 0.25) is 0 Å². The number of aliphatic hydroxyl groups is 1. The smallest absolute Gasteiger partial charge is 0.462 e. The molecule has 83 heavy (non-hydrogen) atoms. The van der Waals surface area contributed by atoms with E-state index in [0.717, 1.165) is 96.3 Å². The lowest BCUT2D eigenvalue weighted by atomic mass is 10.0. The molecule has 0 bridgehead atoms. The summed E-state index contributed by atoms with van der Waals surface area (Å²) in [7, 11) is -9.88. The quantitative estimate of drug-likeness (QED) is 0.0222. The molecule has 0 aromatic heterocycles. The summed E-state index contributed by atoms with van der Waals surface area (Å²) < 4.78 is 67.9. The first-order valence-electron chi connectivity index (χ1n) is 33.8. The molecule has 0 aliphatic carbocycles. The molecule has 19 heteroatoms. The standard InChI is InChI=1S/C64H124O17P2/c1-5-9-13-17-21-25-28-30-32-35-39-43-47-51-64(69)81-60(55-75-62(67)49-45-41-38-34-31-29-26-22-18-14-10-6-2)57-79-83(72,73)77-53-58(65)52-76-82(70,71)78-56-59(80-63(68)50-46-42-36-24-20-16-12-8-4)54-74-61(66)48-44-40-37-33-27-23-19-15-11-7-3/h58-60,65H,5-57H2,1-4H3,(H,70,71)(H,72,73)/t58-,59-,60-/m1/s1. The van der Waals surface area contributed by atoms with Gasteiger partial charge in [-0.2, -0.15) is 0 Å². The van der Waals surface area contributed by atoms with E-state index in [-0.39, 0.29) is 25.7 Å². The number of unbranched alkanes of at least 4 members (excludes halogenated alkanes) is 39. The molecule has 5 atom stereocenters. The molecule has 492 valence electrons. The SMILES string of the molecule is CCCCCCCCCCCCCCCC(=O)O[C@H](COC(=O)CCCCCCCCCCCCCC)COP(=O)(O)OC[C@H](O)COP(=O)(O)OC[C@@H](COC(=O)CCCCCCCCCCCC)OC(=O)CCCCCCCCCC. The van der Waals surface area contributed by atoms with Crippen LogP contribution in [0.5, 0.6) is 0 Å². The largest absolute Gasteiger partial charge is 0.472 e. The first kappa shape index (κ1) is 81.1. The molecule has 2 unspecified atom stereocenters. The van der Waals surface area contributed by atoms with E-state index in [1.54, 1.807) is 0 Å². The summed E-state index contributed by atoms with van der Waals surface area (Å²) in [6.45, 7) is 4.87. The predicted octanol–water partition coefficient (Wildman–Crippen LogP) is 17.9. The Morgan fingerprint density at radius 2 is 0.482 bits per heavy atom. The van der Waals surface area contributed by atoms with Crippen molar-refractivity contribution in [1.29, 1.82) is 0 Å². The fraction of sp³-hybridized carbons (Fsp3) is 0.938. The Bertz CT molecular complexity index is 1600. The van der Waals surface area contributed by atoms with E-state index in [0.29, 0.717) is 25.7 Å². The highest BCUT2D eigenvalue weighted by atomic mass is 31.2. The highest BCUT2D eigenvalue weighted by molar-refractivity contribution is 7.47. The van der Waals surface area contributed by atoms with Crippen LogP contribution in [0.15, 0.2) is 0 Å². The molecule has 0 aliphatic rings. The molecule has 0 heterocycles. The van der Waals surface area contributed by atoms with E-state index < -0.39 is 97.5 Å². The summed E-state index contributed by atoms with van der Waals surface area (Å²) >= 11 is 0. The Morgan fingerprint density at radius 1 is 0.289 bits per heavy atom. The summed E-state index contributed by atoms with van der Waals surface area (Å²) in [5, 5.41) is 10.5. The average molecular weight is 1230 g/mol. The van der Waals surface area contributed by atoms with Gasteiger partial charge in [-0.05, 0) is 25.7 Å². The first-order chi connectivity index (χ1) is 40.2. The van der Waals surface area contributed by atoms with Gasteiger partial charge in [-0.1, -0.05) is 278 Å². The number of esters is 4. The van der Waals surface area contributed by atoms with Gasteiger partial charge in [0.15, 0.2) is 12.2 Å². The number of phosphoric acid groups is 2. The van der Waals surface area contributed by atoms with Crippen LogP contribution < -0.4 is 0 Å². The van der Waals surface area contributed by atoms with Crippen molar-refractivity contribution in [3.05, 3.63) is 0 Å². The maximum absolute atomic E-state index is 13.0. The van der Waals surface area contributed by atoms with Gasteiger partial charge in [-0.25, -0.2) is 9.13 Å². The fourth-order valence-electron chi connectivity index (χ4n) is 9.63. The number of carbonyl (C=O) groups excluding carboxylic acids is 4. The lowest BCUT2D eigenvalue weighted by molar-refractivity contribution is -0.161. The second kappa shape index (κ2) is 59.0. The van der Waals surface area contributed by atoms with Gasteiger partial charge >= 0.3 is 39.5 Å². The molecular weight excluding hydrogens is 1100 g/mol. The maximum atomic E-state index is 13.0. The second-order valence-electron chi connectivity index (χ2n) is 23.2. The Balaban J connectivity index is 5.21. The molecular formula is C64H124O17P2. The summed E-state index contributed by atoms with van der Waals surface area (Å²) in [5.74, 6) is -2.13. The Hall–Kier alpha value is -1.94. The Morgan fingerprint density at radius 3 is 0.711 bits per heavy atom. The molecule has 0 aromatic carbocycles. The molecule has 0 fully saturated rings. The van der Waals surface area contributed by atoms with E-state index in [2.05, 4.69) is 27.7 Å². The molecule has 3 N–H and O–H groups in total. The van der Waals surface area contributed by atoms with Crippen LogP contribution in [0.1, 0.15) is 329 Å². The minimum Gasteiger partial charge on any atom is -0.462 e. The first-order valence-corrected chi connectivity index (χ1v) is 36.8. The van der Waals surface area contributed by atoms with Gasteiger partial charge in [0.25, 0.3) is 0 Å². The number of carbonyl (C=O) groups is 4. The number of rotatable bonds is 65. The van der Waals surface area contributed by atoms with Crippen LogP contribution in [0.3, 0.4) is 0 Å². The average Bonchev–Trinajstić information content (AvgIpc) is 3.50. The topological polar surface area (TPSA) is 237 Å². The summed E-state index contributed by atoms with van der Waals surface area (Å²) in [6.07, 6.45) is 44.3. The minimum absolute atomic E-state index is 0.105. The van der Waals surface area contributed by atoms with Crippen LogP contribution >= 0.6 is 15.6 Å². The van der Waals surface area contributed by atoms with Crippen molar-refractivity contribution >= 4 is 39.5 Å². The number of ether oxygens (including phenoxy) is 4. The number of aliphatic hydroxyl groups excluding tert-OH is 1. The van der Waals surface area contributed by atoms with Gasteiger partial charge in [0.1, 0.15) is 19.3 Å². The van der Waals surface area contributed by atoms with Crippen molar-refractivity contribution in [2.24, 2.45) is 0 Å². The third-order valence-electron chi connectivity index (χ3n) is 14.9. The zero-order valence-electron chi connectivity index (χ0n) is 53.2. The highest BCUT2D eigenvalue weighted by Crippen LogP contribution is 2.45. The number of hydrogen-bond donors (Lipinski definition) is 3. The lowest BCUT2D eigenvalue weighted by Crippen LogP contribution is -2.30. The molecule has 0 saturated heterocycles. The van der Waals surface area contributed by atoms with Gasteiger partial charge in [-0.3, -0.25) is 37.3 Å². The third kappa shape index (κ3) is 58.8. The third-order valence-corrected chi connectivity index (χ3v) is 16.8. The highest BCUT2D eigenvalue weighted by Gasteiger charge is 2.30. The van der Waals surface area contributed by atoms with Crippen LogP contribution in [-0.4, -0.2) is 96.7 Å². The van der Waals surface area contributed by atoms with E-state index in [4.69, 9.17) is 37.0 Å². The van der Waals surface area contributed by atoms with Gasteiger partial charge < -0.3 is 33.8 Å². The fourth-order valence-corrected chi connectivity index (χ4v) is 11.2. The van der Waals surface area contributed by atoms with E-state index in [1.165, 1.54) is 154 Å². The van der Waals surface area contributed by atoms with Crippen LogP contribution in [0.2, 0.25) is 0 Å². The number of phosphoric ester groups is 2. The predicted molar refractivity (Wildman–Crippen MR) is 331 cm³/mol. The van der Waals surface area contributed by atoms with Crippen LogP contribution in [0.4, 0.5) is 0 Å². The second-order valence-corrected chi connectivity index (χ2v) is 26.1. The van der Waals surface area contributed by atoms with Gasteiger partial charge in [-0.15, -0.1) is 0 Å². The summed E-state index contributed by atoms with van der Waals surface area (Å²) in [6, 6.07) is 0. The van der Waals surface area contributed by atoms with E-state index in [1.807, 2.05) is 0 Å². The van der Waals surface area contributed by atoms with E-state index in [9.17, 15) is 43.2 Å². The zero-order valence-corrected chi connectivity index (χ0v) is 54.9. The van der Waals surface area contributed by atoms with Crippen molar-refractivity contribution in [2.75, 3.05) is 39.6 Å². The zero-order chi connectivity index (χ0) is 61.2. The van der Waals surface area contributed by atoms with Crippen molar-refractivity contribution in [1.82, 2.24) is 0 Å². The normalized spacial score (nSPS) is 14.2.